The van der Waals surface area contributed by atoms with Crippen LogP contribution in [0.3, 0.4) is 0 Å². The normalized spacial score (nSPS) is 39.9. The lowest BCUT2D eigenvalue weighted by molar-refractivity contribution is -0.151. The van der Waals surface area contributed by atoms with Crippen LogP contribution in [-0.2, 0) is 37.9 Å². The van der Waals surface area contributed by atoms with Gasteiger partial charge in [0.2, 0.25) is 5.76 Å². The third kappa shape index (κ3) is 4.61. The standard InChI is InChI=1S/C26H34O12S/c1-25-7-5-13(38-39(34,35)36-11-17(28)20(30)23-21(31)22(32)24(33)37-23)9-12(25)10-16(27)19-14-3-4-18(29)26(14,2)8-6-15(19)25/h10,13-15,17,19-20,23,28,30-32H,3-9,11H2,1-2H3/t13-,14?,15?,17?,19?,20?,23?,25-,26-/m0/s1. The van der Waals surface area contributed by atoms with Crippen LogP contribution in [0.2, 0.25) is 0 Å². The monoisotopic (exact) mass is 570 g/mol. The molecule has 0 radical (unpaired) electrons. The number of ketones is 2. The lowest BCUT2D eigenvalue weighted by Crippen LogP contribution is -2.53. The molecular weight excluding hydrogens is 536 g/mol. The average Bonchev–Trinajstić information content (AvgIpc) is 3.32. The number of carbonyl (C=O) groups is 3. The van der Waals surface area contributed by atoms with Crippen LogP contribution in [0.5, 0.6) is 0 Å². The highest BCUT2D eigenvalue weighted by Crippen LogP contribution is 2.63. The Morgan fingerprint density at radius 3 is 2.38 bits per heavy atom. The molecule has 3 saturated carbocycles. The molecule has 39 heavy (non-hydrogen) atoms. The van der Waals surface area contributed by atoms with Crippen molar-refractivity contribution in [3.8, 4) is 0 Å². The van der Waals surface area contributed by atoms with E-state index in [0.29, 0.717) is 19.3 Å². The highest BCUT2D eigenvalue weighted by molar-refractivity contribution is 7.81. The predicted molar refractivity (Wildman–Crippen MR) is 131 cm³/mol. The zero-order chi connectivity index (χ0) is 28.5. The summed E-state index contributed by atoms with van der Waals surface area (Å²) in [5.41, 5.74) is 0.0709. The van der Waals surface area contributed by atoms with Crippen LogP contribution in [0.4, 0.5) is 0 Å². The van der Waals surface area contributed by atoms with E-state index in [1.54, 1.807) is 6.08 Å². The summed E-state index contributed by atoms with van der Waals surface area (Å²) in [4.78, 5) is 37.2. The molecule has 6 unspecified atom stereocenters. The number of fused-ring (bicyclic) bond motifs is 5. The number of allylic oxidation sites excluding steroid dienone is 1. The van der Waals surface area contributed by atoms with Gasteiger partial charge in [0.05, 0.1) is 12.7 Å². The second-order valence-corrected chi connectivity index (χ2v) is 13.2. The van der Waals surface area contributed by atoms with Crippen LogP contribution in [0.15, 0.2) is 23.2 Å². The molecule has 0 aromatic carbocycles. The molecule has 0 aromatic heterocycles. The quantitative estimate of drug-likeness (QED) is 0.321. The van der Waals surface area contributed by atoms with Crippen molar-refractivity contribution in [2.75, 3.05) is 6.61 Å². The van der Waals surface area contributed by atoms with Gasteiger partial charge in [0.1, 0.15) is 18.0 Å². The lowest BCUT2D eigenvalue weighted by Gasteiger charge is -2.55. The van der Waals surface area contributed by atoms with Crippen molar-refractivity contribution in [2.24, 2.45) is 28.6 Å². The molecule has 0 saturated heterocycles. The maximum absolute atomic E-state index is 13.3. The molecule has 0 bridgehead atoms. The van der Waals surface area contributed by atoms with E-state index in [1.807, 2.05) is 6.92 Å². The number of rotatable bonds is 7. The summed E-state index contributed by atoms with van der Waals surface area (Å²) in [6.45, 7) is 3.13. The number of aliphatic hydroxyl groups is 4. The first-order chi connectivity index (χ1) is 18.2. The molecule has 0 aromatic rings. The summed E-state index contributed by atoms with van der Waals surface area (Å²) < 4.78 is 39.5. The van der Waals surface area contributed by atoms with E-state index in [2.05, 4.69) is 11.7 Å². The zero-order valence-corrected chi connectivity index (χ0v) is 22.6. The van der Waals surface area contributed by atoms with Gasteiger partial charge >= 0.3 is 16.4 Å². The van der Waals surface area contributed by atoms with Gasteiger partial charge in [-0.1, -0.05) is 19.4 Å². The van der Waals surface area contributed by atoms with Gasteiger partial charge in [-0.3, -0.25) is 9.59 Å². The summed E-state index contributed by atoms with van der Waals surface area (Å²) in [5, 5.41) is 39.2. The summed E-state index contributed by atoms with van der Waals surface area (Å²) >= 11 is 0. The minimum Gasteiger partial charge on any atom is -0.505 e. The van der Waals surface area contributed by atoms with Crippen molar-refractivity contribution < 1.29 is 56.3 Å². The molecule has 3 fully saturated rings. The number of carbonyl (C=O) groups excluding carboxylic acids is 3. The van der Waals surface area contributed by atoms with Crippen molar-refractivity contribution in [1.82, 2.24) is 0 Å². The van der Waals surface area contributed by atoms with Crippen LogP contribution < -0.4 is 0 Å². The fraction of sp³-hybridized carbons (Fsp3) is 0.731. The van der Waals surface area contributed by atoms with Crippen LogP contribution in [0.1, 0.15) is 58.8 Å². The summed E-state index contributed by atoms with van der Waals surface area (Å²) in [6, 6.07) is 0. The molecule has 216 valence electrons. The molecular formula is C26H34O12S. The van der Waals surface area contributed by atoms with E-state index in [0.717, 1.165) is 24.8 Å². The van der Waals surface area contributed by atoms with Crippen LogP contribution in [0.25, 0.3) is 0 Å². The second kappa shape index (κ2) is 9.65. The van der Waals surface area contributed by atoms with E-state index in [9.17, 15) is 43.2 Å². The lowest BCUT2D eigenvalue weighted by atomic mass is 9.48. The number of Topliss-reactive ketones (excluding diaryl/α,β-unsaturated/α-hetero) is 1. The van der Waals surface area contributed by atoms with Gasteiger partial charge in [-0.15, -0.1) is 0 Å². The maximum atomic E-state index is 13.3. The Labute approximate surface area is 225 Å². The number of esters is 1. The van der Waals surface area contributed by atoms with E-state index in [-0.39, 0.29) is 41.2 Å². The largest absolute Gasteiger partial charge is 0.505 e. The zero-order valence-electron chi connectivity index (χ0n) is 21.7. The molecule has 5 rings (SSSR count). The fourth-order valence-electron chi connectivity index (χ4n) is 7.57. The van der Waals surface area contributed by atoms with Crippen LogP contribution in [-0.4, -0.2) is 77.4 Å². The van der Waals surface area contributed by atoms with E-state index < -0.39 is 64.3 Å². The molecule has 1 aliphatic heterocycles. The van der Waals surface area contributed by atoms with Crippen molar-refractivity contribution in [2.45, 2.75) is 83.2 Å². The van der Waals surface area contributed by atoms with Crippen molar-refractivity contribution in [3.63, 3.8) is 0 Å². The third-order valence-corrected chi connectivity index (χ3v) is 10.8. The molecule has 4 aliphatic carbocycles. The Kier molecular flexibility index (Phi) is 6.98. The molecule has 9 atom stereocenters. The van der Waals surface area contributed by atoms with Crippen molar-refractivity contribution >= 4 is 27.9 Å². The summed E-state index contributed by atoms with van der Waals surface area (Å²) in [5.74, 6) is -3.27. The number of cyclic esters (lactones) is 1. The Morgan fingerprint density at radius 2 is 1.72 bits per heavy atom. The first-order valence-corrected chi connectivity index (χ1v) is 14.6. The number of hydrogen-bond acceptors (Lipinski definition) is 12. The SMILES string of the molecule is C[C@]12CC[C@H](OS(=O)(=O)OCC(O)C(O)C3OC(=O)C(O)=C3O)CC1=CC(=O)C1C2CC[C@]2(C)C(=O)CCC12. The van der Waals surface area contributed by atoms with E-state index >= 15 is 0 Å². The predicted octanol–water partition coefficient (Wildman–Crippen LogP) is 1.32. The Hall–Kier alpha value is -2.32. The summed E-state index contributed by atoms with van der Waals surface area (Å²) in [7, 11) is -4.64. The molecule has 12 nitrogen and oxygen atoms in total. The van der Waals surface area contributed by atoms with Gasteiger partial charge in [-0.2, -0.15) is 8.42 Å². The molecule has 13 heteroatoms. The smallest absolute Gasteiger partial charge is 0.400 e. The minimum atomic E-state index is -4.64. The van der Waals surface area contributed by atoms with Gasteiger partial charge in [-0.25, -0.2) is 13.2 Å². The topological polar surface area (TPSA) is 194 Å². The molecule has 5 aliphatic rings. The Balaban J connectivity index is 1.22. The Bertz CT molecular complexity index is 1250. The van der Waals surface area contributed by atoms with Gasteiger partial charge in [0.25, 0.3) is 0 Å². The first-order valence-electron chi connectivity index (χ1n) is 13.2. The van der Waals surface area contributed by atoms with Crippen molar-refractivity contribution in [1.29, 1.82) is 0 Å². The fourth-order valence-corrected chi connectivity index (χ4v) is 8.43. The molecule has 0 amide bonds. The first kappa shape index (κ1) is 28.2. The number of hydrogen-bond donors (Lipinski definition) is 4. The Morgan fingerprint density at radius 1 is 1.05 bits per heavy atom. The van der Waals surface area contributed by atoms with Crippen molar-refractivity contribution in [3.05, 3.63) is 23.2 Å². The third-order valence-electron chi connectivity index (χ3n) is 9.89. The van der Waals surface area contributed by atoms with E-state index in [4.69, 9.17) is 8.37 Å². The molecule has 1 heterocycles. The number of ether oxygens (including phenoxy) is 1. The van der Waals surface area contributed by atoms with Crippen LogP contribution in [0, 0.1) is 28.6 Å². The molecule has 4 N–H and O–H groups in total. The highest BCUT2D eigenvalue weighted by atomic mass is 32.3. The van der Waals surface area contributed by atoms with Crippen LogP contribution >= 0.6 is 0 Å². The number of aliphatic hydroxyl groups excluding tert-OH is 4. The maximum Gasteiger partial charge on any atom is 0.400 e. The van der Waals surface area contributed by atoms with E-state index in [1.165, 1.54) is 0 Å². The van der Waals surface area contributed by atoms with Gasteiger partial charge in [0.15, 0.2) is 17.6 Å². The highest BCUT2D eigenvalue weighted by Gasteiger charge is 2.61. The summed E-state index contributed by atoms with van der Waals surface area (Å²) in [6.07, 6.45) is -0.941. The van der Waals surface area contributed by atoms with Gasteiger partial charge < -0.3 is 25.2 Å². The van der Waals surface area contributed by atoms with Gasteiger partial charge in [-0.05, 0) is 61.9 Å². The minimum absolute atomic E-state index is 0.00841. The molecule has 0 spiro atoms. The van der Waals surface area contributed by atoms with Gasteiger partial charge in [0, 0.05) is 17.8 Å². The second-order valence-electron chi connectivity index (χ2n) is 11.9. The average molecular weight is 571 g/mol.